The quantitative estimate of drug-likeness (QED) is 0.0668. The van der Waals surface area contributed by atoms with Crippen molar-refractivity contribution in [3.63, 3.8) is 0 Å². The Hall–Kier alpha value is -0.0600. The SMILES string of the molecule is COC[C@@H]1O[C@@H]2O[C@H]3[C@H](OC)[C@@H](OC)[C@@H](O[C@H]4[C@H](OC)[C@@H](OC)[C@@H](O[C@H]5[C@H](OC)[C@@H](OC)[C@@H](O[C@H]6[C@@H](OC)[C@@H](OC)[C@@H](O[C@H]7[C@@H](OC)[C@@H](OC)[C@@H](O[C@H]8[C@H](OC)[C@@H](OC)[C@@H](O[C@H]9[C@@H](OC)[C@H](OC)[C@@H](O[C@H]1[C@H](OC)[C@H]2OC)O[C@@H]9COC)O[C@@H]8COC)O[C@@H]7CI)O[C@@H]6COC)O[C@@H]5COC)O[C@@H]4COC)O[C@@H]3CI. The zero-order valence-corrected chi connectivity index (χ0v) is 71.3. The van der Waals surface area contributed by atoms with E-state index in [4.69, 9.17) is 180 Å². The molecule has 110 heavy (non-hydrogen) atoms. The van der Waals surface area contributed by atoms with Crippen LogP contribution >= 0.6 is 45.2 Å². The molecule has 0 aromatic rings. The Kier molecular flexibility index (Phi) is 39.3. The summed E-state index contributed by atoms with van der Waals surface area (Å²) in [5, 5.41) is 0. The Bertz CT molecular complexity index is 2390. The lowest BCUT2D eigenvalue weighted by Gasteiger charge is -2.53. The van der Waals surface area contributed by atoms with E-state index in [0.717, 1.165) is 0 Å². The fourth-order valence-corrected chi connectivity index (χ4v) is 18.0. The van der Waals surface area contributed by atoms with E-state index in [1.165, 1.54) is 156 Å². The first-order valence-corrected chi connectivity index (χ1v) is 39.5. The summed E-state index contributed by atoms with van der Waals surface area (Å²) in [5.74, 6) is 0. The maximum absolute atomic E-state index is 7.09. The molecule has 30 fully saturated rings. The maximum Gasteiger partial charge on any atom is 0.187 e. The van der Waals surface area contributed by atoms with Crippen molar-refractivity contribution in [3.05, 3.63) is 0 Å². The summed E-state index contributed by atoms with van der Waals surface area (Å²) in [4.78, 5) is 0. The molecule has 30 rings (SSSR count). The lowest BCUT2D eigenvalue weighted by Crippen LogP contribution is -2.70. The van der Waals surface area contributed by atoms with E-state index < -0.39 is 246 Å². The number of hydrogen-bond acceptors (Lipinski definition) is 38. The van der Waals surface area contributed by atoms with Crippen molar-refractivity contribution in [2.45, 2.75) is 246 Å². The van der Waals surface area contributed by atoms with Crippen LogP contribution in [0.5, 0.6) is 0 Å². The molecule has 30 aliphatic heterocycles. The maximum atomic E-state index is 7.09. The highest BCUT2D eigenvalue weighted by atomic mass is 127. The van der Waals surface area contributed by atoms with E-state index in [9.17, 15) is 0 Å². The van der Waals surface area contributed by atoms with Gasteiger partial charge in [-0.2, -0.15) is 0 Å². The molecule has 0 spiro atoms. The van der Waals surface area contributed by atoms with Gasteiger partial charge in [-0.15, -0.1) is 0 Å². The Morgan fingerprint density at radius 1 is 0.155 bits per heavy atom. The highest BCUT2D eigenvalue weighted by molar-refractivity contribution is 14.1. The van der Waals surface area contributed by atoms with Crippen LogP contribution in [-0.2, 0) is 180 Å². The molecule has 30 heterocycles. The van der Waals surface area contributed by atoms with Crippen molar-refractivity contribution >= 4 is 45.2 Å². The van der Waals surface area contributed by atoms with E-state index in [2.05, 4.69) is 45.2 Å². The van der Waals surface area contributed by atoms with Gasteiger partial charge in [-0.05, 0) is 0 Å². The highest BCUT2D eigenvalue weighted by Gasteiger charge is 2.63. The number of hydrogen-bond donors (Lipinski definition) is 0. The molecule has 40 atom stereocenters. The third-order valence-electron chi connectivity index (χ3n) is 21.7. The normalized spacial score (nSPS) is 46.7. The van der Waals surface area contributed by atoms with Gasteiger partial charge >= 0.3 is 0 Å². The smallest absolute Gasteiger partial charge is 0.187 e. The average Bonchev–Trinajstić information content (AvgIpc) is 0.764. The molecule has 40 heteroatoms. The summed E-state index contributed by atoms with van der Waals surface area (Å²) < 4.78 is 249. The van der Waals surface area contributed by atoms with Crippen LogP contribution < -0.4 is 0 Å². The molecule has 0 unspecified atom stereocenters. The summed E-state index contributed by atoms with van der Waals surface area (Å²) in [7, 11) is 33.4. The van der Waals surface area contributed by atoms with Gasteiger partial charge in [0.1, 0.15) is 183 Å². The summed E-state index contributed by atoms with van der Waals surface area (Å²) in [6.45, 7) is -0.213. The number of methoxy groups -OCH3 is 22. The van der Waals surface area contributed by atoms with Crippen LogP contribution in [0.25, 0.3) is 0 Å². The van der Waals surface area contributed by atoms with E-state index in [-0.39, 0.29) is 39.6 Å². The van der Waals surface area contributed by atoms with Crippen LogP contribution in [0.15, 0.2) is 0 Å². The standard InChI is InChI=1S/C70H122I2O38/c1-73-25-33-41-49(81-9)59(91-19)67(99-33)109-45-37(29-77-5)101-69(61(93-21)53(45)85-13)107-43-35(27-75-3)98-66(58(90-18)51(43)83-11)104-40-32(24-72)96-64(56(88-16)48(40)80-8)106-42-34(26-74-2)100-68(60(92-20)50(42)82-10)110-46-38(30-78-6)102-70(62(94-22)54(46)86-14)108-44-36(28-76-4)97-65(57(89-17)52(44)84-12)103-39-31(23-71)95-63(105-41)55(87-15)47(39)79-7/h31-70H,23-30H2,1-22H3/t31-,32-,33-,34-,35-,36+,37-,38-,39-,40-,41-,42-,43-,44-,45-,46-,47+,48-,49+,50+,51-,52+,53+,54-,55-,56-,57-,58-,59-,60-,61-,62+,63-,64-,65-,66-,67-,68-,69-,70-/m1/s1. The summed E-state index contributed by atoms with van der Waals surface area (Å²) in [5.41, 5.74) is 0. The highest BCUT2D eigenvalue weighted by Crippen LogP contribution is 2.44. The van der Waals surface area contributed by atoms with Crippen LogP contribution in [0.2, 0.25) is 0 Å². The second kappa shape index (κ2) is 46.1. The third-order valence-corrected chi connectivity index (χ3v) is 23.4. The fourth-order valence-electron chi connectivity index (χ4n) is 16.6. The van der Waals surface area contributed by atoms with E-state index in [0.29, 0.717) is 8.86 Å². The number of alkyl halides is 2. The zero-order chi connectivity index (χ0) is 79.6. The van der Waals surface area contributed by atoms with E-state index in [1.807, 2.05) is 0 Å². The van der Waals surface area contributed by atoms with Crippen LogP contribution in [0.3, 0.4) is 0 Å². The van der Waals surface area contributed by atoms with E-state index >= 15 is 0 Å². The first-order chi connectivity index (χ1) is 53.5. The number of halogens is 2. The number of ether oxygens (including phenoxy) is 38. The molecule has 30 saturated heterocycles. The largest absolute Gasteiger partial charge is 0.382 e. The van der Waals surface area contributed by atoms with Crippen molar-refractivity contribution in [3.8, 4) is 0 Å². The first kappa shape index (κ1) is 93.8. The Balaban J connectivity index is 1.11. The predicted octanol–water partition coefficient (Wildman–Crippen LogP) is -0.131. The Labute approximate surface area is 672 Å². The molecule has 16 bridgehead atoms. The molecular formula is C70H122I2O38. The van der Waals surface area contributed by atoms with Gasteiger partial charge in [0.05, 0.1) is 51.8 Å². The molecule has 644 valence electrons. The first-order valence-electron chi connectivity index (χ1n) is 36.5. The molecule has 0 aromatic carbocycles. The van der Waals surface area contributed by atoms with Gasteiger partial charge in [-0.3, -0.25) is 0 Å². The zero-order valence-electron chi connectivity index (χ0n) is 67.0. The summed E-state index contributed by atoms with van der Waals surface area (Å²) in [6.07, 6.45) is -40.2. The molecule has 0 N–H and O–H groups in total. The molecule has 0 aliphatic carbocycles. The second-order valence-corrected chi connectivity index (χ2v) is 29.2. The van der Waals surface area contributed by atoms with Crippen molar-refractivity contribution in [2.75, 3.05) is 205 Å². The molecule has 30 aliphatic rings. The minimum Gasteiger partial charge on any atom is -0.382 e. The van der Waals surface area contributed by atoms with Gasteiger partial charge in [-0.1, -0.05) is 45.2 Å². The molecule has 0 radical (unpaired) electrons. The minimum atomic E-state index is -1.23. The topological polar surface area (TPSA) is 351 Å². The van der Waals surface area contributed by atoms with Crippen molar-refractivity contribution < 1.29 is 180 Å². The van der Waals surface area contributed by atoms with Crippen molar-refractivity contribution in [2.24, 2.45) is 0 Å². The Morgan fingerprint density at radius 2 is 0.264 bits per heavy atom. The Morgan fingerprint density at radius 3 is 0.364 bits per heavy atom. The van der Waals surface area contributed by atoms with Crippen LogP contribution in [-0.4, -0.2) is 451 Å². The third kappa shape index (κ3) is 20.4. The molecule has 38 nitrogen and oxygen atoms in total. The van der Waals surface area contributed by atoms with E-state index in [1.54, 1.807) is 0 Å². The average molecular weight is 1830 g/mol. The van der Waals surface area contributed by atoms with Gasteiger partial charge in [0.2, 0.25) is 0 Å². The second-order valence-electron chi connectivity index (χ2n) is 27.4. The molecule has 0 amide bonds. The molecule has 0 aromatic heterocycles. The monoisotopic (exact) mass is 1820 g/mol. The number of rotatable bonds is 30. The van der Waals surface area contributed by atoms with Crippen LogP contribution in [0.1, 0.15) is 0 Å². The van der Waals surface area contributed by atoms with Crippen LogP contribution in [0, 0.1) is 0 Å². The van der Waals surface area contributed by atoms with Gasteiger partial charge in [0.15, 0.2) is 50.3 Å². The summed E-state index contributed by atoms with van der Waals surface area (Å²) in [6, 6.07) is 0. The van der Waals surface area contributed by atoms with Crippen LogP contribution in [0.4, 0.5) is 0 Å². The lowest BCUT2D eigenvalue weighted by atomic mass is 9.94. The summed E-state index contributed by atoms with van der Waals surface area (Å²) >= 11 is 4.44. The predicted molar refractivity (Wildman–Crippen MR) is 390 cm³/mol. The minimum absolute atomic E-state index is 0.0327. The lowest BCUT2D eigenvalue weighted by molar-refractivity contribution is -0.408. The van der Waals surface area contributed by atoms with Crippen molar-refractivity contribution in [1.82, 2.24) is 0 Å². The molecular weight excluding hydrogens is 1700 g/mol. The van der Waals surface area contributed by atoms with Gasteiger partial charge in [0.25, 0.3) is 0 Å². The van der Waals surface area contributed by atoms with Gasteiger partial charge in [0, 0.05) is 165 Å². The molecule has 0 saturated carbocycles. The van der Waals surface area contributed by atoms with Gasteiger partial charge in [-0.25, -0.2) is 0 Å². The van der Waals surface area contributed by atoms with Gasteiger partial charge < -0.3 is 180 Å². The van der Waals surface area contributed by atoms with Crippen molar-refractivity contribution in [1.29, 1.82) is 0 Å². The fraction of sp³-hybridized carbons (Fsp3) is 1.00.